The van der Waals surface area contributed by atoms with Crippen LogP contribution >= 0.6 is 0 Å². The lowest BCUT2D eigenvalue weighted by molar-refractivity contribution is -0.123. The summed E-state index contributed by atoms with van der Waals surface area (Å²) in [4.78, 5) is 11.6. The van der Waals surface area contributed by atoms with Crippen molar-refractivity contribution >= 4 is 5.91 Å². The minimum Gasteiger partial charge on any atom is -0.484 e. The Morgan fingerprint density at radius 2 is 2.05 bits per heavy atom. The molecule has 1 rings (SSSR count). The van der Waals surface area contributed by atoms with Crippen LogP contribution in [0.5, 0.6) is 5.75 Å². The summed E-state index contributed by atoms with van der Waals surface area (Å²) < 4.78 is 5.49. The van der Waals surface area contributed by atoms with Crippen molar-refractivity contribution < 1.29 is 9.53 Å². The van der Waals surface area contributed by atoms with E-state index < -0.39 is 0 Å². The zero-order valence-corrected chi connectivity index (χ0v) is 12.2. The monoisotopic (exact) mass is 264 g/mol. The third-order valence-corrected chi connectivity index (χ3v) is 2.99. The molecule has 0 saturated carbocycles. The fraction of sp³-hybridized carbons (Fsp3) is 0.533. The maximum Gasteiger partial charge on any atom is 0.257 e. The molecule has 0 aliphatic heterocycles. The summed E-state index contributed by atoms with van der Waals surface area (Å²) >= 11 is 0. The van der Waals surface area contributed by atoms with Gasteiger partial charge in [0.2, 0.25) is 0 Å². The van der Waals surface area contributed by atoms with E-state index in [1.54, 1.807) is 0 Å². The largest absolute Gasteiger partial charge is 0.484 e. The number of amides is 1. The molecule has 1 atom stereocenters. The van der Waals surface area contributed by atoms with Gasteiger partial charge in [0.05, 0.1) is 0 Å². The van der Waals surface area contributed by atoms with Crippen molar-refractivity contribution in [1.29, 1.82) is 0 Å². The summed E-state index contributed by atoms with van der Waals surface area (Å²) in [5.41, 5.74) is 1.21. The Morgan fingerprint density at radius 3 is 2.68 bits per heavy atom. The van der Waals surface area contributed by atoms with Crippen LogP contribution in [0, 0.1) is 0 Å². The molecule has 0 spiro atoms. The van der Waals surface area contributed by atoms with Gasteiger partial charge in [-0.2, -0.15) is 0 Å². The van der Waals surface area contributed by atoms with Crippen LogP contribution in [0.15, 0.2) is 24.3 Å². The van der Waals surface area contributed by atoms with E-state index in [0.29, 0.717) is 12.5 Å². The molecule has 19 heavy (non-hydrogen) atoms. The number of carbonyl (C=O) groups excluding carboxylic acids is 1. The fourth-order valence-corrected chi connectivity index (χ4v) is 1.53. The lowest BCUT2D eigenvalue weighted by Crippen LogP contribution is -2.39. The maximum absolute atomic E-state index is 11.6. The van der Waals surface area contributed by atoms with Crippen molar-refractivity contribution in [2.75, 3.05) is 20.2 Å². The van der Waals surface area contributed by atoms with E-state index in [2.05, 4.69) is 30.5 Å². The van der Waals surface area contributed by atoms with E-state index in [9.17, 15) is 4.79 Å². The van der Waals surface area contributed by atoms with Crippen LogP contribution in [0.1, 0.15) is 32.3 Å². The number of hydrogen-bond acceptors (Lipinski definition) is 3. The highest BCUT2D eigenvalue weighted by atomic mass is 16.5. The maximum atomic E-state index is 11.6. The molecule has 2 N–H and O–H groups in total. The molecule has 0 aliphatic rings. The van der Waals surface area contributed by atoms with Gasteiger partial charge in [-0.05, 0) is 37.6 Å². The van der Waals surface area contributed by atoms with Crippen molar-refractivity contribution in [1.82, 2.24) is 10.6 Å². The van der Waals surface area contributed by atoms with E-state index in [4.69, 9.17) is 4.74 Å². The molecule has 1 aromatic carbocycles. The molecule has 0 aromatic heterocycles. The average molecular weight is 264 g/mol. The quantitative estimate of drug-likeness (QED) is 0.791. The molecule has 4 heteroatoms. The Kier molecular flexibility index (Phi) is 6.36. The second kappa shape index (κ2) is 7.79. The zero-order valence-electron chi connectivity index (χ0n) is 12.2. The lowest BCUT2D eigenvalue weighted by Gasteiger charge is -2.12. The number of nitrogens with one attached hydrogen (secondary N) is 2. The number of likely N-dealkylation sites (N-methyl/N-ethyl adjacent to an activating group) is 1. The van der Waals surface area contributed by atoms with Crippen molar-refractivity contribution in [3.8, 4) is 5.75 Å². The minimum absolute atomic E-state index is 0.0536. The molecule has 1 amide bonds. The van der Waals surface area contributed by atoms with Gasteiger partial charge in [-0.25, -0.2) is 0 Å². The third kappa shape index (κ3) is 5.75. The highest BCUT2D eigenvalue weighted by Crippen LogP contribution is 2.19. The molecular weight excluding hydrogens is 240 g/mol. The van der Waals surface area contributed by atoms with Gasteiger partial charge in [0.15, 0.2) is 6.61 Å². The van der Waals surface area contributed by atoms with Crippen molar-refractivity contribution in [2.24, 2.45) is 0 Å². The SMILES string of the molecule is CNC(C)CNC(=O)COc1cccc(C(C)C)c1. The smallest absolute Gasteiger partial charge is 0.257 e. The van der Waals surface area contributed by atoms with E-state index in [0.717, 1.165) is 5.75 Å². The highest BCUT2D eigenvalue weighted by Gasteiger charge is 2.06. The van der Waals surface area contributed by atoms with E-state index in [1.807, 2.05) is 32.2 Å². The first-order chi connectivity index (χ1) is 9.02. The molecule has 0 fully saturated rings. The van der Waals surface area contributed by atoms with Gasteiger partial charge in [-0.15, -0.1) is 0 Å². The standard InChI is InChI=1S/C15H24N2O2/c1-11(2)13-6-5-7-14(8-13)19-10-15(18)17-9-12(3)16-4/h5-8,11-12,16H,9-10H2,1-4H3,(H,17,18). The molecule has 0 radical (unpaired) electrons. The van der Waals surface area contributed by atoms with Gasteiger partial charge in [-0.3, -0.25) is 4.79 Å². The predicted octanol–water partition coefficient (Wildman–Crippen LogP) is 1.91. The Labute approximate surface area is 115 Å². The van der Waals surface area contributed by atoms with E-state index in [-0.39, 0.29) is 18.6 Å². The van der Waals surface area contributed by atoms with Gasteiger partial charge >= 0.3 is 0 Å². The average Bonchev–Trinajstić information content (AvgIpc) is 2.42. The van der Waals surface area contributed by atoms with Crippen molar-refractivity contribution in [3.05, 3.63) is 29.8 Å². The van der Waals surface area contributed by atoms with Crippen LogP contribution in [-0.4, -0.2) is 32.1 Å². The summed E-state index contributed by atoms with van der Waals surface area (Å²) in [5.74, 6) is 1.09. The normalized spacial score (nSPS) is 12.3. The van der Waals surface area contributed by atoms with Gasteiger partial charge in [0.25, 0.3) is 5.91 Å². The van der Waals surface area contributed by atoms with Crippen LogP contribution < -0.4 is 15.4 Å². The molecular formula is C15H24N2O2. The summed E-state index contributed by atoms with van der Waals surface area (Å²) in [7, 11) is 1.87. The molecule has 4 nitrogen and oxygen atoms in total. The van der Waals surface area contributed by atoms with Crippen LogP contribution in [-0.2, 0) is 4.79 Å². The first-order valence-corrected chi connectivity index (χ1v) is 6.69. The lowest BCUT2D eigenvalue weighted by atomic mass is 10.0. The first-order valence-electron chi connectivity index (χ1n) is 6.69. The van der Waals surface area contributed by atoms with E-state index >= 15 is 0 Å². The Bertz CT molecular complexity index is 405. The van der Waals surface area contributed by atoms with E-state index in [1.165, 1.54) is 5.56 Å². The minimum atomic E-state index is -0.1000. The summed E-state index contributed by atoms with van der Waals surface area (Å²) in [5, 5.41) is 5.87. The summed E-state index contributed by atoms with van der Waals surface area (Å²) in [6, 6.07) is 8.12. The van der Waals surface area contributed by atoms with Crippen LogP contribution in [0.4, 0.5) is 0 Å². The Morgan fingerprint density at radius 1 is 1.32 bits per heavy atom. The Balaban J connectivity index is 2.39. The molecule has 0 aliphatic carbocycles. The van der Waals surface area contributed by atoms with Crippen molar-refractivity contribution in [2.45, 2.75) is 32.7 Å². The number of benzene rings is 1. The van der Waals surface area contributed by atoms with Crippen molar-refractivity contribution in [3.63, 3.8) is 0 Å². The number of rotatable bonds is 7. The zero-order chi connectivity index (χ0) is 14.3. The summed E-state index contributed by atoms with van der Waals surface area (Å²) in [6.45, 7) is 6.92. The van der Waals surface area contributed by atoms with Crippen LogP contribution in [0.2, 0.25) is 0 Å². The third-order valence-electron chi connectivity index (χ3n) is 2.99. The molecule has 0 saturated heterocycles. The first kappa shape index (κ1) is 15.5. The highest BCUT2D eigenvalue weighted by molar-refractivity contribution is 5.77. The van der Waals surface area contributed by atoms with Gasteiger partial charge in [0, 0.05) is 12.6 Å². The Hall–Kier alpha value is -1.55. The van der Waals surface area contributed by atoms with Gasteiger partial charge in [0.1, 0.15) is 5.75 Å². The molecule has 0 heterocycles. The van der Waals surface area contributed by atoms with Gasteiger partial charge in [-0.1, -0.05) is 26.0 Å². The number of hydrogen-bond donors (Lipinski definition) is 2. The molecule has 106 valence electrons. The fourth-order valence-electron chi connectivity index (χ4n) is 1.53. The predicted molar refractivity (Wildman–Crippen MR) is 77.6 cm³/mol. The number of ether oxygens (including phenoxy) is 1. The molecule has 1 aromatic rings. The van der Waals surface area contributed by atoms with Crippen LogP contribution in [0.25, 0.3) is 0 Å². The molecule has 0 bridgehead atoms. The van der Waals surface area contributed by atoms with Crippen LogP contribution in [0.3, 0.4) is 0 Å². The second-order valence-corrected chi connectivity index (χ2v) is 5.01. The topological polar surface area (TPSA) is 50.4 Å². The number of carbonyl (C=O) groups is 1. The second-order valence-electron chi connectivity index (χ2n) is 5.01. The summed E-state index contributed by atoms with van der Waals surface area (Å²) in [6.07, 6.45) is 0. The van der Waals surface area contributed by atoms with Gasteiger partial charge < -0.3 is 15.4 Å². The molecule has 1 unspecified atom stereocenters.